The summed E-state index contributed by atoms with van der Waals surface area (Å²) in [5.74, 6) is 0. The SMILES string of the molecule is C1CNCCN1.CO[PH](=O)O.O=P(O)(O)OP(=O)(O)O. The Morgan fingerprint density at radius 2 is 1.20 bits per heavy atom. The zero-order valence-electron chi connectivity index (χ0n) is 10.5. The minimum Gasteiger partial charge on any atom is -0.326 e. The van der Waals surface area contributed by atoms with Crippen molar-refractivity contribution in [2.75, 3.05) is 33.3 Å². The van der Waals surface area contributed by atoms with Gasteiger partial charge in [-0.3, -0.25) is 4.57 Å². The molecule has 0 amide bonds. The minimum absolute atomic E-state index is 1.14. The summed E-state index contributed by atoms with van der Waals surface area (Å²) < 4.78 is 35.4. The van der Waals surface area contributed by atoms with Crippen LogP contribution in [0.4, 0.5) is 0 Å². The van der Waals surface area contributed by atoms with Gasteiger partial charge in [0.15, 0.2) is 0 Å². The fourth-order valence-electron chi connectivity index (χ4n) is 0.742. The molecule has 1 heterocycles. The van der Waals surface area contributed by atoms with E-state index in [2.05, 4.69) is 19.5 Å². The van der Waals surface area contributed by atoms with Crippen molar-refractivity contribution in [2.24, 2.45) is 0 Å². The molecule has 1 unspecified atom stereocenters. The molecule has 0 saturated carbocycles. The normalized spacial score (nSPS) is 17.1. The van der Waals surface area contributed by atoms with Gasteiger partial charge in [-0.05, 0) is 0 Å². The van der Waals surface area contributed by atoms with E-state index in [1.54, 1.807) is 0 Å². The van der Waals surface area contributed by atoms with Gasteiger partial charge >= 0.3 is 23.9 Å². The van der Waals surface area contributed by atoms with E-state index >= 15 is 0 Å². The van der Waals surface area contributed by atoms with Crippen LogP contribution >= 0.6 is 23.9 Å². The van der Waals surface area contributed by atoms with Crippen molar-refractivity contribution in [3.8, 4) is 0 Å². The standard InChI is InChI=1S/C4H10N2.CH5O3P.H4O7P2/c1-2-6-4-3-5-1;1-4-5(2)3;1-8(2,3)7-9(4,5)6/h5-6H,1-4H2;5H,1H3,(H,2,3);(H2,1,2,3)(H2,4,5,6). The van der Waals surface area contributed by atoms with Crippen LogP contribution in [0.15, 0.2) is 0 Å². The highest BCUT2D eigenvalue weighted by molar-refractivity contribution is 7.60. The first-order chi connectivity index (χ1) is 8.98. The second-order valence-corrected chi connectivity index (χ2v) is 6.59. The van der Waals surface area contributed by atoms with Gasteiger partial charge in [0.25, 0.3) is 0 Å². The third-order valence-electron chi connectivity index (χ3n) is 1.34. The smallest absolute Gasteiger partial charge is 0.326 e. The van der Waals surface area contributed by atoms with E-state index in [1.165, 1.54) is 7.11 Å². The molecule has 7 N–H and O–H groups in total. The van der Waals surface area contributed by atoms with Crippen LogP contribution in [-0.2, 0) is 22.5 Å². The van der Waals surface area contributed by atoms with Gasteiger partial charge in [-0.1, -0.05) is 0 Å². The zero-order chi connectivity index (χ0) is 16.2. The summed E-state index contributed by atoms with van der Waals surface area (Å²) in [4.78, 5) is 38.7. The molecule has 1 atom stereocenters. The second-order valence-electron chi connectivity index (χ2n) is 3.03. The maximum absolute atomic E-state index is 9.63. The highest BCUT2D eigenvalue weighted by atomic mass is 31.3. The molecule has 1 rings (SSSR count). The molecule has 0 bridgehead atoms. The lowest BCUT2D eigenvalue weighted by molar-refractivity contribution is 0.225. The molecule has 20 heavy (non-hydrogen) atoms. The number of nitrogens with one attached hydrogen (secondary N) is 2. The molecule has 0 spiro atoms. The third-order valence-corrected chi connectivity index (χ3v) is 3.40. The van der Waals surface area contributed by atoms with E-state index in [0.29, 0.717) is 0 Å². The van der Waals surface area contributed by atoms with Crippen LogP contribution in [0.2, 0.25) is 0 Å². The van der Waals surface area contributed by atoms with Gasteiger partial charge in [0.05, 0.1) is 0 Å². The summed E-state index contributed by atoms with van der Waals surface area (Å²) >= 11 is 0. The third kappa shape index (κ3) is 26.8. The summed E-state index contributed by atoms with van der Waals surface area (Å²) in [6.07, 6.45) is 0. The first-order valence-electron chi connectivity index (χ1n) is 4.98. The van der Waals surface area contributed by atoms with E-state index in [1.807, 2.05) is 0 Å². The van der Waals surface area contributed by atoms with Crippen LogP contribution in [0, 0.1) is 0 Å². The Balaban J connectivity index is 0. The lowest BCUT2D eigenvalue weighted by Gasteiger charge is -2.11. The lowest BCUT2D eigenvalue weighted by Crippen LogP contribution is -2.39. The average molecular weight is 360 g/mol. The van der Waals surface area contributed by atoms with E-state index in [4.69, 9.17) is 24.5 Å². The van der Waals surface area contributed by atoms with Crippen molar-refractivity contribution in [1.29, 1.82) is 0 Å². The topological polar surface area (TPSA) is 195 Å². The molecule has 1 fully saturated rings. The van der Waals surface area contributed by atoms with E-state index in [0.717, 1.165) is 26.2 Å². The highest BCUT2D eigenvalue weighted by Gasteiger charge is 2.27. The Hall–Kier alpha value is 0.330. The molecule has 124 valence electrons. The van der Waals surface area contributed by atoms with E-state index in [9.17, 15) is 13.7 Å². The predicted molar refractivity (Wildman–Crippen MR) is 69.1 cm³/mol. The maximum atomic E-state index is 9.63. The van der Waals surface area contributed by atoms with Crippen molar-refractivity contribution in [1.82, 2.24) is 10.6 Å². The van der Waals surface area contributed by atoms with Gasteiger partial charge in [0, 0.05) is 33.3 Å². The summed E-state index contributed by atoms with van der Waals surface area (Å²) in [5.41, 5.74) is 0. The molecular formula is C5H19N2O10P3. The quantitative estimate of drug-likeness (QED) is 0.285. The summed E-state index contributed by atoms with van der Waals surface area (Å²) in [5, 5.41) is 6.44. The molecule has 15 heteroatoms. The predicted octanol–water partition coefficient (Wildman–Crippen LogP) is -1.62. The van der Waals surface area contributed by atoms with Crippen LogP contribution < -0.4 is 10.6 Å². The van der Waals surface area contributed by atoms with Crippen LogP contribution in [0.25, 0.3) is 0 Å². The molecule has 1 aliphatic heterocycles. The Morgan fingerprint density at radius 3 is 1.25 bits per heavy atom. The Labute approximate surface area is 115 Å². The van der Waals surface area contributed by atoms with Crippen LogP contribution in [-0.4, -0.2) is 57.8 Å². The molecule has 0 aromatic rings. The minimum atomic E-state index is -5.05. The van der Waals surface area contributed by atoms with Crippen molar-refractivity contribution in [2.45, 2.75) is 0 Å². The van der Waals surface area contributed by atoms with Crippen molar-refractivity contribution in [3.05, 3.63) is 0 Å². The second kappa shape index (κ2) is 11.9. The maximum Gasteiger partial charge on any atom is 0.478 e. The number of rotatable bonds is 3. The Kier molecular flexibility index (Phi) is 13.5. The van der Waals surface area contributed by atoms with Crippen molar-refractivity contribution < 1.29 is 47.0 Å². The molecule has 12 nitrogen and oxygen atoms in total. The Bertz CT molecular complexity index is 317. The molecule has 1 aliphatic rings. The van der Waals surface area contributed by atoms with Crippen molar-refractivity contribution >= 4 is 23.9 Å². The highest BCUT2D eigenvalue weighted by Crippen LogP contribution is 2.53. The number of piperazine rings is 1. The monoisotopic (exact) mass is 360 g/mol. The zero-order valence-corrected chi connectivity index (χ0v) is 13.3. The fraction of sp³-hybridized carbons (Fsp3) is 1.00. The molecule has 0 aliphatic carbocycles. The van der Waals surface area contributed by atoms with Gasteiger partial charge in [0.1, 0.15) is 0 Å². The van der Waals surface area contributed by atoms with Crippen LogP contribution in [0.1, 0.15) is 0 Å². The first-order valence-corrected chi connectivity index (χ1v) is 9.31. The van der Waals surface area contributed by atoms with Gasteiger partial charge in [0.2, 0.25) is 0 Å². The van der Waals surface area contributed by atoms with Crippen LogP contribution in [0.5, 0.6) is 0 Å². The number of phosphoric acid groups is 2. The van der Waals surface area contributed by atoms with E-state index < -0.39 is 23.9 Å². The molecule has 1 saturated heterocycles. The van der Waals surface area contributed by atoms with Gasteiger partial charge < -0.3 is 39.6 Å². The molecule has 0 radical (unpaired) electrons. The Morgan fingerprint density at radius 1 is 0.950 bits per heavy atom. The first kappa shape index (κ1) is 22.6. The summed E-state index contributed by atoms with van der Waals surface area (Å²) in [6.45, 7) is 4.56. The van der Waals surface area contributed by atoms with Gasteiger partial charge in [-0.2, -0.15) is 4.31 Å². The summed E-state index contributed by atoms with van der Waals surface area (Å²) in [7, 11) is -11.5. The average Bonchev–Trinajstić information content (AvgIpc) is 2.28. The van der Waals surface area contributed by atoms with Crippen molar-refractivity contribution in [3.63, 3.8) is 0 Å². The van der Waals surface area contributed by atoms with Gasteiger partial charge in [-0.25, -0.2) is 9.13 Å². The molecule has 0 aromatic heterocycles. The number of hydrogen-bond donors (Lipinski definition) is 7. The molecule has 0 aromatic carbocycles. The van der Waals surface area contributed by atoms with Gasteiger partial charge in [-0.15, -0.1) is 0 Å². The van der Waals surface area contributed by atoms with E-state index in [-0.39, 0.29) is 0 Å². The van der Waals surface area contributed by atoms with Crippen LogP contribution in [0.3, 0.4) is 0 Å². The largest absolute Gasteiger partial charge is 0.478 e. The summed E-state index contributed by atoms with van der Waals surface area (Å²) in [6, 6.07) is 0. The molecular weight excluding hydrogens is 341 g/mol. The number of hydrogen-bond acceptors (Lipinski definition) is 7. The fourth-order valence-corrected chi connectivity index (χ4v) is 1.85. The lowest BCUT2D eigenvalue weighted by atomic mass is 10.4.